The average Bonchev–Trinajstić information content (AvgIpc) is 2.76. The van der Waals surface area contributed by atoms with Gasteiger partial charge in [0.05, 0.1) is 24.9 Å². The van der Waals surface area contributed by atoms with Crippen molar-refractivity contribution in [3.05, 3.63) is 35.6 Å². The van der Waals surface area contributed by atoms with E-state index >= 15 is 0 Å². The van der Waals surface area contributed by atoms with E-state index in [-0.39, 0.29) is 11.7 Å². The summed E-state index contributed by atoms with van der Waals surface area (Å²) in [6, 6.07) is 6.65. The second-order valence-electron chi connectivity index (χ2n) is 4.64. The van der Waals surface area contributed by atoms with Gasteiger partial charge in [-0.2, -0.15) is 0 Å². The Morgan fingerprint density at radius 2 is 2.12 bits per heavy atom. The Hall–Kier alpha value is -0.970. The van der Waals surface area contributed by atoms with Crippen molar-refractivity contribution in [3.63, 3.8) is 0 Å². The van der Waals surface area contributed by atoms with Crippen molar-refractivity contribution in [3.8, 4) is 0 Å². The third-order valence-electron chi connectivity index (χ3n) is 3.74. The van der Waals surface area contributed by atoms with Crippen LogP contribution in [0.3, 0.4) is 0 Å². The number of nitrogens with one attached hydrogen (secondary N) is 1. The lowest BCUT2D eigenvalue weighted by atomic mass is 9.77. The predicted molar refractivity (Wildman–Crippen MR) is 63.1 cm³/mol. The third-order valence-corrected chi connectivity index (χ3v) is 3.74. The molecule has 0 unspecified atom stereocenters. The molecule has 1 fully saturated rings. The maximum Gasteiger partial charge on any atom is 0.128 e. The average molecular weight is 239 g/mol. The summed E-state index contributed by atoms with van der Waals surface area (Å²) in [6.45, 7) is 2.65. The summed E-state index contributed by atoms with van der Waals surface area (Å²) in [4.78, 5) is 0. The van der Waals surface area contributed by atoms with Gasteiger partial charge < -0.3 is 15.2 Å². The molecule has 1 aliphatic rings. The van der Waals surface area contributed by atoms with Gasteiger partial charge in [-0.05, 0) is 20.0 Å². The fourth-order valence-corrected chi connectivity index (χ4v) is 2.50. The number of hydrogen-bond acceptors (Lipinski definition) is 3. The minimum atomic E-state index is -0.624. The van der Waals surface area contributed by atoms with Crippen LogP contribution < -0.4 is 5.32 Å². The highest BCUT2D eigenvalue weighted by Crippen LogP contribution is 2.35. The Morgan fingerprint density at radius 1 is 1.41 bits per heavy atom. The van der Waals surface area contributed by atoms with Crippen LogP contribution in [-0.2, 0) is 10.3 Å². The number of hydrogen-bond donors (Lipinski definition) is 2. The van der Waals surface area contributed by atoms with Crippen molar-refractivity contribution < 1.29 is 14.2 Å². The normalized spacial score (nSPS) is 28.0. The minimum absolute atomic E-state index is 0.149. The van der Waals surface area contributed by atoms with Crippen molar-refractivity contribution in [2.75, 3.05) is 20.3 Å². The van der Waals surface area contributed by atoms with Gasteiger partial charge in [0, 0.05) is 11.5 Å². The lowest BCUT2D eigenvalue weighted by Crippen LogP contribution is -2.49. The second-order valence-corrected chi connectivity index (χ2v) is 4.64. The third kappa shape index (κ3) is 2.08. The van der Waals surface area contributed by atoms with Crippen LogP contribution in [0.15, 0.2) is 24.3 Å². The summed E-state index contributed by atoms with van der Waals surface area (Å²) in [5, 5.41) is 13.0. The molecular formula is C13H18FNO2. The Morgan fingerprint density at radius 3 is 2.65 bits per heavy atom. The summed E-state index contributed by atoms with van der Waals surface area (Å²) in [7, 11) is 1.78. The fourth-order valence-electron chi connectivity index (χ4n) is 2.50. The number of ether oxygens (including phenoxy) is 1. The van der Waals surface area contributed by atoms with Crippen LogP contribution >= 0.6 is 0 Å². The molecular weight excluding hydrogens is 221 g/mol. The van der Waals surface area contributed by atoms with Gasteiger partial charge in [-0.15, -0.1) is 0 Å². The van der Waals surface area contributed by atoms with Crippen LogP contribution in [0.1, 0.15) is 12.5 Å². The van der Waals surface area contributed by atoms with E-state index in [1.807, 2.05) is 6.92 Å². The molecule has 0 aromatic heterocycles. The molecule has 0 aliphatic carbocycles. The molecule has 3 nitrogen and oxygen atoms in total. The largest absolute Gasteiger partial charge is 0.390 e. The SMILES string of the molecule is CN[C@](C)(c1ccccc1F)[C@H]1COC[C@H]1O. The molecule has 0 amide bonds. The van der Waals surface area contributed by atoms with Crippen LogP contribution in [0.2, 0.25) is 0 Å². The van der Waals surface area contributed by atoms with Crippen molar-refractivity contribution in [2.45, 2.75) is 18.6 Å². The van der Waals surface area contributed by atoms with Gasteiger partial charge in [0.2, 0.25) is 0 Å². The van der Waals surface area contributed by atoms with Crippen molar-refractivity contribution >= 4 is 0 Å². The molecule has 2 N–H and O–H groups in total. The highest BCUT2D eigenvalue weighted by Gasteiger charge is 2.43. The maximum absolute atomic E-state index is 13.9. The van der Waals surface area contributed by atoms with E-state index < -0.39 is 11.6 Å². The molecule has 1 heterocycles. The first-order chi connectivity index (χ1) is 8.09. The molecule has 0 bridgehead atoms. The van der Waals surface area contributed by atoms with Crippen LogP contribution in [0.25, 0.3) is 0 Å². The molecule has 0 radical (unpaired) electrons. The van der Waals surface area contributed by atoms with Crippen LogP contribution in [0.5, 0.6) is 0 Å². The van der Waals surface area contributed by atoms with Gasteiger partial charge in [-0.25, -0.2) is 4.39 Å². The van der Waals surface area contributed by atoms with E-state index in [9.17, 15) is 9.50 Å². The van der Waals surface area contributed by atoms with Crippen molar-refractivity contribution in [2.24, 2.45) is 5.92 Å². The molecule has 1 aliphatic heterocycles. The van der Waals surface area contributed by atoms with E-state index in [0.717, 1.165) is 0 Å². The first-order valence-electron chi connectivity index (χ1n) is 5.79. The summed E-state index contributed by atoms with van der Waals surface area (Å²) in [6.07, 6.45) is -0.563. The summed E-state index contributed by atoms with van der Waals surface area (Å²) in [5.74, 6) is -0.409. The molecule has 2 rings (SSSR count). The minimum Gasteiger partial charge on any atom is -0.390 e. The highest BCUT2D eigenvalue weighted by atomic mass is 19.1. The fraction of sp³-hybridized carbons (Fsp3) is 0.538. The molecule has 4 heteroatoms. The highest BCUT2D eigenvalue weighted by molar-refractivity contribution is 5.27. The van der Waals surface area contributed by atoms with E-state index in [4.69, 9.17) is 4.74 Å². The van der Waals surface area contributed by atoms with Gasteiger partial charge in [-0.3, -0.25) is 0 Å². The smallest absolute Gasteiger partial charge is 0.128 e. The van der Waals surface area contributed by atoms with Crippen molar-refractivity contribution in [1.29, 1.82) is 0 Å². The number of aliphatic hydroxyl groups is 1. The number of rotatable bonds is 3. The molecule has 17 heavy (non-hydrogen) atoms. The number of halogens is 1. The maximum atomic E-state index is 13.9. The first kappa shape index (κ1) is 12.5. The Kier molecular flexibility index (Phi) is 3.47. The van der Waals surface area contributed by atoms with E-state index in [1.165, 1.54) is 6.07 Å². The zero-order valence-corrected chi connectivity index (χ0v) is 10.1. The van der Waals surface area contributed by atoms with E-state index in [2.05, 4.69) is 5.32 Å². The van der Waals surface area contributed by atoms with Gasteiger partial charge in [0.25, 0.3) is 0 Å². The zero-order valence-electron chi connectivity index (χ0n) is 10.1. The van der Waals surface area contributed by atoms with Crippen LogP contribution in [-0.4, -0.2) is 31.5 Å². The van der Waals surface area contributed by atoms with Gasteiger partial charge in [0.1, 0.15) is 5.82 Å². The molecule has 0 saturated carbocycles. The second kappa shape index (κ2) is 4.72. The van der Waals surface area contributed by atoms with Gasteiger partial charge in [-0.1, -0.05) is 18.2 Å². The summed E-state index contributed by atoms with van der Waals surface area (Å²) >= 11 is 0. The molecule has 94 valence electrons. The lowest BCUT2D eigenvalue weighted by molar-refractivity contribution is 0.0859. The standard InChI is InChI=1S/C13H18FNO2/c1-13(15-2,10-7-17-8-12(10)16)9-5-3-4-6-11(9)14/h3-6,10,12,15-16H,7-8H2,1-2H3/t10-,12+,13+/m0/s1. The molecule has 1 aromatic rings. The van der Waals surface area contributed by atoms with Gasteiger partial charge in [0.15, 0.2) is 0 Å². The number of aliphatic hydroxyl groups excluding tert-OH is 1. The quantitative estimate of drug-likeness (QED) is 0.834. The van der Waals surface area contributed by atoms with E-state index in [0.29, 0.717) is 18.8 Å². The Balaban J connectivity index is 2.40. The lowest BCUT2D eigenvalue weighted by Gasteiger charge is -2.37. The molecule has 1 aromatic carbocycles. The Bertz CT molecular complexity index is 399. The van der Waals surface area contributed by atoms with E-state index in [1.54, 1.807) is 25.2 Å². The predicted octanol–water partition coefficient (Wildman–Crippen LogP) is 1.27. The van der Waals surface area contributed by atoms with Crippen LogP contribution in [0.4, 0.5) is 4.39 Å². The van der Waals surface area contributed by atoms with Crippen molar-refractivity contribution in [1.82, 2.24) is 5.32 Å². The molecule has 0 spiro atoms. The summed E-state index contributed by atoms with van der Waals surface area (Å²) in [5.41, 5.74) is -0.0570. The molecule has 3 atom stereocenters. The zero-order chi connectivity index (χ0) is 12.5. The monoisotopic (exact) mass is 239 g/mol. The Labute approximate surface area is 101 Å². The summed E-state index contributed by atoms with van der Waals surface area (Å²) < 4.78 is 19.2. The molecule has 1 saturated heterocycles. The first-order valence-corrected chi connectivity index (χ1v) is 5.79. The van der Waals surface area contributed by atoms with Crippen LogP contribution in [0, 0.1) is 11.7 Å². The number of benzene rings is 1. The van der Waals surface area contributed by atoms with Gasteiger partial charge >= 0.3 is 0 Å². The topological polar surface area (TPSA) is 41.5 Å².